The van der Waals surface area contributed by atoms with Crippen molar-refractivity contribution in [1.82, 2.24) is 24.5 Å². The van der Waals surface area contributed by atoms with Crippen LogP contribution in [0.3, 0.4) is 0 Å². The summed E-state index contributed by atoms with van der Waals surface area (Å²) in [6.07, 6.45) is 4.44. The van der Waals surface area contributed by atoms with Crippen LogP contribution in [0, 0.1) is 0 Å². The molecule has 1 aliphatic rings. The van der Waals surface area contributed by atoms with Gasteiger partial charge in [0.2, 0.25) is 5.91 Å². The van der Waals surface area contributed by atoms with Gasteiger partial charge in [-0.05, 0) is 47.7 Å². The molecule has 2 atom stereocenters. The van der Waals surface area contributed by atoms with Gasteiger partial charge >= 0.3 is 0 Å². The number of carbonyl (C=O) groups excluding carboxylic acids is 1. The number of carbonyl (C=O) groups is 1. The van der Waals surface area contributed by atoms with Crippen LogP contribution in [0.2, 0.25) is 10.2 Å². The molecule has 176 valence electrons. The molecule has 34 heavy (non-hydrogen) atoms. The summed E-state index contributed by atoms with van der Waals surface area (Å²) in [6, 6.07) is 9.18. The van der Waals surface area contributed by atoms with Gasteiger partial charge in [-0.15, -0.1) is 0 Å². The molecule has 0 saturated carbocycles. The summed E-state index contributed by atoms with van der Waals surface area (Å²) < 4.78 is 3.45. The predicted octanol–water partition coefficient (Wildman–Crippen LogP) is 4.33. The van der Waals surface area contributed by atoms with Crippen molar-refractivity contribution in [2.75, 3.05) is 6.61 Å². The standard InChI is InChI=1S/C25H25Cl2N5O2/c1-14-17-5-4-6-18(15-11-28-30(2)12-15)19(17)9-16(13-33)32(14)23(34)10-20-21(26)7-8-22-24(20)25(27)29-31(22)3/h4-8,11-12,14,16,33H,9-10,13H2,1-3H3/t14-,16+/m0/s1. The van der Waals surface area contributed by atoms with Crippen LogP contribution < -0.4 is 0 Å². The molecule has 1 amide bonds. The Labute approximate surface area is 207 Å². The van der Waals surface area contributed by atoms with Crippen molar-refractivity contribution >= 4 is 40.0 Å². The molecule has 0 aliphatic carbocycles. The van der Waals surface area contributed by atoms with Crippen molar-refractivity contribution in [2.45, 2.75) is 31.8 Å². The Hall–Kier alpha value is -2.87. The number of nitrogens with zero attached hydrogens (tertiary/aromatic N) is 5. The molecule has 2 aromatic heterocycles. The van der Waals surface area contributed by atoms with Crippen LogP contribution in [0.15, 0.2) is 42.7 Å². The van der Waals surface area contributed by atoms with E-state index in [2.05, 4.69) is 22.3 Å². The number of fused-ring (bicyclic) bond motifs is 2. The number of rotatable bonds is 4. The van der Waals surface area contributed by atoms with Gasteiger partial charge in [-0.2, -0.15) is 10.2 Å². The van der Waals surface area contributed by atoms with Crippen LogP contribution >= 0.6 is 23.2 Å². The molecule has 0 radical (unpaired) electrons. The number of aromatic nitrogens is 4. The average molecular weight is 498 g/mol. The molecule has 1 aliphatic heterocycles. The van der Waals surface area contributed by atoms with Crippen LogP contribution in [-0.2, 0) is 31.7 Å². The molecule has 0 bridgehead atoms. The van der Waals surface area contributed by atoms with Gasteiger partial charge in [-0.25, -0.2) is 0 Å². The molecule has 0 unspecified atom stereocenters. The van der Waals surface area contributed by atoms with Crippen molar-refractivity contribution in [3.8, 4) is 11.1 Å². The molecule has 4 aromatic rings. The van der Waals surface area contributed by atoms with Crippen molar-refractivity contribution in [3.63, 3.8) is 0 Å². The monoisotopic (exact) mass is 497 g/mol. The number of aryl methyl sites for hydroxylation is 2. The fraction of sp³-hybridized carbons (Fsp3) is 0.320. The molecular weight excluding hydrogens is 473 g/mol. The van der Waals surface area contributed by atoms with E-state index in [1.165, 1.54) is 0 Å². The molecule has 1 N–H and O–H groups in total. The first-order chi connectivity index (χ1) is 16.3. The predicted molar refractivity (Wildman–Crippen MR) is 133 cm³/mol. The number of benzene rings is 2. The summed E-state index contributed by atoms with van der Waals surface area (Å²) >= 11 is 12.9. The van der Waals surface area contributed by atoms with Crippen molar-refractivity contribution in [1.29, 1.82) is 0 Å². The fourth-order valence-corrected chi connectivity index (χ4v) is 5.74. The highest BCUT2D eigenvalue weighted by atomic mass is 35.5. The first kappa shape index (κ1) is 22.9. The van der Waals surface area contributed by atoms with Gasteiger partial charge in [0.05, 0.1) is 36.8 Å². The lowest BCUT2D eigenvalue weighted by atomic mass is 9.84. The lowest BCUT2D eigenvalue weighted by molar-refractivity contribution is -0.137. The summed E-state index contributed by atoms with van der Waals surface area (Å²) in [7, 11) is 3.69. The zero-order valence-corrected chi connectivity index (χ0v) is 20.7. The molecule has 0 saturated heterocycles. The largest absolute Gasteiger partial charge is 0.394 e. The van der Waals surface area contributed by atoms with Crippen molar-refractivity contribution < 1.29 is 9.90 Å². The van der Waals surface area contributed by atoms with Crippen LogP contribution in [0.4, 0.5) is 0 Å². The van der Waals surface area contributed by atoms with Gasteiger partial charge in [0.25, 0.3) is 0 Å². The maximum absolute atomic E-state index is 13.7. The van der Waals surface area contributed by atoms with Gasteiger partial charge < -0.3 is 10.0 Å². The Morgan fingerprint density at radius 1 is 1.21 bits per heavy atom. The maximum Gasteiger partial charge on any atom is 0.227 e. The smallest absolute Gasteiger partial charge is 0.227 e. The van der Waals surface area contributed by atoms with Gasteiger partial charge in [-0.1, -0.05) is 41.4 Å². The van der Waals surface area contributed by atoms with E-state index in [1.807, 2.05) is 38.5 Å². The van der Waals surface area contributed by atoms with Gasteiger partial charge in [-0.3, -0.25) is 14.2 Å². The third kappa shape index (κ3) is 3.68. The van der Waals surface area contributed by atoms with Crippen molar-refractivity contribution in [2.24, 2.45) is 14.1 Å². The molecule has 5 rings (SSSR count). The molecule has 9 heteroatoms. The average Bonchev–Trinajstić information content (AvgIpc) is 3.37. The Morgan fingerprint density at radius 2 is 2.00 bits per heavy atom. The summed E-state index contributed by atoms with van der Waals surface area (Å²) in [6.45, 7) is 1.87. The van der Waals surface area contributed by atoms with E-state index in [0.717, 1.165) is 27.8 Å². The highest BCUT2D eigenvalue weighted by Gasteiger charge is 2.36. The Bertz CT molecular complexity index is 1410. The number of aliphatic hydroxyl groups excluding tert-OH is 1. The van der Waals surface area contributed by atoms with Crippen LogP contribution in [0.25, 0.3) is 22.0 Å². The van der Waals surface area contributed by atoms with Gasteiger partial charge in [0.1, 0.15) is 0 Å². The Kier molecular flexibility index (Phi) is 5.88. The molecule has 0 fully saturated rings. The second-order valence-electron chi connectivity index (χ2n) is 8.80. The highest BCUT2D eigenvalue weighted by molar-refractivity contribution is 6.37. The molecule has 0 spiro atoms. The van der Waals surface area contributed by atoms with E-state index in [1.54, 1.807) is 27.4 Å². The fourth-order valence-electron chi connectivity index (χ4n) is 5.19. The third-order valence-electron chi connectivity index (χ3n) is 6.78. The molecular formula is C25H25Cl2N5O2. The van der Waals surface area contributed by atoms with Gasteiger partial charge in [0, 0.05) is 36.3 Å². The number of halogens is 2. The quantitative estimate of drug-likeness (QED) is 0.455. The van der Waals surface area contributed by atoms with Crippen molar-refractivity contribution in [3.05, 3.63) is 69.6 Å². The van der Waals surface area contributed by atoms with E-state index in [9.17, 15) is 9.90 Å². The SMILES string of the molecule is C[C@H]1c2cccc(-c3cnn(C)c3)c2C[C@H](CO)N1C(=O)Cc1c(Cl)ccc2c1c(Cl)nn2C. The highest BCUT2D eigenvalue weighted by Crippen LogP contribution is 2.39. The van der Waals surface area contributed by atoms with E-state index in [4.69, 9.17) is 23.2 Å². The minimum Gasteiger partial charge on any atom is -0.394 e. The normalized spacial score (nSPS) is 17.9. The maximum atomic E-state index is 13.7. The zero-order valence-electron chi connectivity index (χ0n) is 19.2. The summed E-state index contributed by atoms with van der Waals surface area (Å²) in [5.41, 5.74) is 5.78. The van der Waals surface area contributed by atoms with E-state index in [-0.39, 0.29) is 31.0 Å². The molecule has 7 nitrogen and oxygen atoms in total. The van der Waals surface area contributed by atoms with Crippen LogP contribution in [0.1, 0.15) is 29.7 Å². The Morgan fingerprint density at radius 3 is 2.71 bits per heavy atom. The number of hydrogen-bond donors (Lipinski definition) is 1. The lowest BCUT2D eigenvalue weighted by Gasteiger charge is -2.42. The zero-order chi connectivity index (χ0) is 24.1. The minimum atomic E-state index is -0.352. The third-order valence-corrected chi connectivity index (χ3v) is 7.40. The van der Waals surface area contributed by atoms with E-state index in [0.29, 0.717) is 27.5 Å². The lowest BCUT2D eigenvalue weighted by Crippen LogP contribution is -2.49. The summed E-state index contributed by atoms with van der Waals surface area (Å²) in [4.78, 5) is 15.5. The second-order valence-corrected chi connectivity index (χ2v) is 9.57. The molecule has 2 aromatic carbocycles. The number of amides is 1. The molecule has 3 heterocycles. The van der Waals surface area contributed by atoms with Crippen LogP contribution in [0.5, 0.6) is 0 Å². The van der Waals surface area contributed by atoms with E-state index < -0.39 is 0 Å². The Balaban J connectivity index is 1.53. The first-order valence-corrected chi connectivity index (χ1v) is 11.9. The second kappa shape index (κ2) is 8.73. The number of hydrogen-bond acceptors (Lipinski definition) is 4. The van der Waals surface area contributed by atoms with Gasteiger partial charge in [0.15, 0.2) is 5.15 Å². The topological polar surface area (TPSA) is 76.2 Å². The summed E-state index contributed by atoms with van der Waals surface area (Å²) in [5.74, 6) is -0.113. The van der Waals surface area contributed by atoms with Crippen LogP contribution in [-0.4, -0.2) is 48.1 Å². The summed E-state index contributed by atoms with van der Waals surface area (Å²) in [5, 5.41) is 20.4. The number of aliphatic hydroxyl groups is 1. The minimum absolute atomic E-state index is 0.0695. The first-order valence-electron chi connectivity index (χ1n) is 11.1. The van der Waals surface area contributed by atoms with E-state index >= 15 is 0 Å².